The van der Waals surface area contributed by atoms with E-state index in [0.29, 0.717) is 19.1 Å². The Morgan fingerprint density at radius 3 is 2.33 bits per heavy atom. The summed E-state index contributed by atoms with van der Waals surface area (Å²) in [5.74, 6) is 3.18. The quantitative estimate of drug-likeness (QED) is 0.618. The van der Waals surface area contributed by atoms with Gasteiger partial charge < -0.3 is 14.4 Å². The van der Waals surface area contributed by atoms with Gasteiger partial charge in [-0.2, -0.15) is 0 Å². The van der Waals surface area contributed by atoms with Gasteiger partial charge in [-0.25, -0.2) is 0 Å². The van der Waals surface area contributed by atoms with Crippen molar-refractivity contribution in [1.82, 2.24) is 4.90 Å². The first-order valence-electron chi connectivity index (χ1n) is 9.61. The minimum atomic E-state index is 0.614. The second kappa shape index (κ2) is 10.0. The van der Waals surface area contributed by atoms with E-state index >= 15 is 0 Å². The second-order valence-corrected chi connectivity index (χ2v) is 7.54. The zero-order valence-electron chi connectivity index (χ0n) is 16.0. The molecule has 0 amide bonds. The van der Waals surface area contributed by atoms with Crippen LogP contribution >= 0.6 is 0 Å². The smallest absolute Gasteiger partial charge is 0.119 e. The highest BCUT2D eigenvalue weighted by Gasteiger charge is 2.21. The number of benzene rings is 1. The first-order valence-corrected chi connectivity index (χ1v) is 9.61. The van der Waals surface area contributed by atoms with E-state index in [-0.39, 0.29) is 0 Å². The summed E-state index contributed by atoms with van der Waals surface area (Å²) >= 11 is 0. The van der Waals surface area contributed by atoms with Crippen molar-refractivity contribution in [2.75, 3.05) is 39.5 Å². The molecule has 0 radical (unpaired) electrons. The molecule has 0 aromatic heterocycles. The number of nitrogens with zero attached hydrogens (tertiary/aromatic N) is 1. The van der Waals surface area contributed by atoms with Gasteiger partial charge in [0.1, 0.15) is 12.4 Å². The number of piperidine rings is 1. The summed E-state index contributed by atoms with van der Waals surface area (Å²) in [6.45, 7) is 14.7. The van der Waals surface area contributed by atoms with Gasteiger partial charge in [-0.15, -0.1) is 0 Å². The maximum absolute atomic E-state index is 5.76. The molecule has 0 bridgehead atoms. The van der Waals surface area contributed by atoms with Crippen molar-refractivity contribution in [3.05, 3.63) is 29.8 Å². The van der Waals surface area contributed by atoms with E-state index in [2.05, 4.69) is 56.9 Å². The molecule has 136 valence electrons. The zero-order chi connectivity index (χ0) is 17.4. The number of hydrogen-bond acceptors (Lipinski definition) is 3. The first kappa shape index (κ1) is 19.3. The van der Waals surface area contributed by atoms with Crippen LogP contribution < -0.4 is 4.74 Å². The normalized spacial score (nSPS) is 23.2. The predicted molar refractivity (Wildman–Crippen MR) is 101 cm³/mol. The molecular weight excluding hydrogens is 298 g/mol. The summed E-state index contributed by atoms with van der Waals surface area (Å²) in [6, 6.07) is 8.47. The third kappa shape index (κ3) is 6.45. The second-order valence-electron chi connectivity index (χ2n) is 7.54. The van der Waals surface area contributed by atoms with Gasteiger partial charge in [-0.1, -0.05) is 39.8 Å². The minimum Gasteiger partial charge on any atom is -0.491 e. The van der Waals surface area contributed by atoms with Crippen LogP contribution in [-0.2, 0) is 4.74 Å². The molecule has 1 aromatic carbocycles. The topological polar surface area (TPSA) is 21.7 Å². The first-order chi connectivity index (χ1) is 11.6. The molecule has 0 aliphatic carbocycles. The van der Waals surface area contributed by atoms with E-state index < -0.39 is 0 Å². The van der Waals surface area contributed by atoms with Crippen molar-refractivity contribution >= 4 is 0 Å². The maximum Gasteiger partial charge on any atom is 0.119 e. The summed E-state index contributed by atoms with van der Waals surface area (Å²) in [7, 11) is 0. The van der Waals surface area contributed by atoms with Gasteiger partial charge in [0.15, 0.2) is 0 Å². The largest absolute Gasteiger partial charge is 0.491 e. The molecule has 0 spiro atoms. The van der Waals surface area contributed by atoms with Gasteiger partial charge in [0.2, 0.25) is 0 Å². The lowest BCUT2D eigenvalue weighted by Crippen LogP contribution is -2.40. The Balaban J connectivity index is 1.56. The molecule has 1 aliphatic heterocycles. The molecule has 1 saturated heterocycles. The summed E-state index contributed by atoms with van der Waals surface area (Å²) in [4.78, 5) is 2.54. The Morgan fingerprint density at radius 1 is 1.04 bits per heavy atom. The molecule has 0 N–H and O–H groups in total. The average Bonchev–Trinajstić information content (AvgIpc) is 2.57. The summed E-state index contributed by atoms with van der Waals surface area (Å²) in [5.41, 5.74) is 1.38. The molecule has 1 aromatic rings. The fraction of sp³-hybridized carbons (Fsp3) is 0.714. The Kier molecular flexibility index (Phi) is 8.07. The highest BCUT2D eigenvalue weighted by atomic mass is 16.5. The predicted octanol–water partition coefficient (Wildman–Crippen LogP) is 4.57. The van der Waals surface area contributed by atoms with E-state index in [1.54, 1.807) is 0 Å². The van der Waals surface area contributed by atoms with Gasteiger partial charge in [0.25, 0.3) is 0 Å². The molecule has 1 fully saturated rings. The number of likely N-dealkylation sites (tertiary alicyclic amines) is 1. The molecule has 1 aliphatic rings. The van der Waals surface area contributed by atoms with Crippen LogP contribution in [0.25, 0.3) is 0 Å². The minimum absolute atomic E-state index is 0.614. The van der Waals surface area contributed by atoms with Crippen molar-refractivity contribution in [1.29, 1.82) is 0 Å². The molecular formula is C21H35NO2. The third-order valence-electron chi connectivity index (χ3n) is 5.05. The highest BCUT2D eigenvalue weighted by Crippen LogP contribution is 2.22. The van der Waals surface area contributed by atoms with E-state index in [1.165, 1.54) is 31.5 Å². The summed E-state index contributed by atoms with van der Waals surface area (Å²) in [6.07, 6.45) is 2.53. The van der Waals surface area contributed by atoms with Gasteiger partial charge >= 0.3 is 0 Å². The summed E-state index contributed by atoms with van der Waals surface area (Å²) in [5, 5.41) is 0. The number of ether oxygens (including phenoxy) is 2. The molecule has 2 rings (SSSR count). The van der Waals surface area contributed by atoms with Crippen molar-refractivity contribution in [2.24, 2.45) is 11.8 Å². The van der Waals surface area contributed by atoms with Crippen molar-refractivity contribution in [3.63, 3.8) is 0 Å². The molecule has 3 nitrogen and oxygen atoms in total. The Labute approximate surface area is 148 Å². The fourth-order valence-electron chi connectivity index (χ4n) is 3.62. The van der Waals surface area contributed by atoms with E-state index in [9.17, 15) is 0 Å². The molecule has 1 heterocycles. The molecule has 0 saturated carbocycles. The Hall–Kier alpha value is -1.06. The average molecular weight is 334 g/mol. The van der Waals surface area contributed by atoms with Crippen LogP contribution in [-0.4, -0.2) is 44.4 Å². The zero-order valence-corrected chi connectivity index (χ0v) is 16.0. The molecule has 3 atom stereocenters. The lowest BCUT2D eigenvalue weighted by atomic mass is 9.92. The van der Waals surface area contributed by atoms with Crippen LogP contribution in [0.5, 0.6) is 5.75 Å². The van der Waals surface area contributed by atoms with Crippen LogP contribution in [0, 0.1) is 11.8 Å². The number of rotatable bonds is 9. The van der Waals surface area contributed by atoms with Crippen LogP contribution in [0.1, 0.15) is 52.0 Å². The summed E-state index contributed by atoms with van der Waals surface area (Å²) < 4.78 is 11.5. The SMILES string of the molecule is CC[C@H](C)c1ccc(OCCOCCN2C[C@@H](C)C[C@H](C)C2)cc1. The Morgan fingerprint density at radius 2 is 1.71 bits per heavy atom. The Bertz CT molecular complexity index is 449. The maximum atomic E-state index is 5.76. The van der Waals surface area contributed by atoms with Crippen molar-refractivity contribution in [2.45, 2.75) is 46.5 Å². The lowest BCUT2D eigenvalue weighted by Gasteiger charge is -2.34. The van der Waals surface area contributed by atoms with Crippen LogP contribution in [0.4, 0.5) is 0 Å². The van der Waals surface area contributed by atoms with E-state index in [1.807, 2.05) is 0 Å². The molecule has 3 heteroatoms. The van der Waals surface area contributed by atoms with Gasteiger partial charge in [0.05, 0.1) is 13.2 Å². The monoisotopic (exact) mass is 333 g/mol. The van der Waals surface area contributed by atoms with Gasteiger partial charge in [-0.05, 0) is 48.3 Å². The fourth-order valence-corrected chi connectivity index (χ4v) is 3.62. The van der Waals surface area contributed by atoms with Crippen molar-refractivity contribution < 1.29 is 9.47 Å². The van der Waals surface area contributed by atoms with Gasteiger partial charge in [-0.3, -0.25) is 0 Å². The van der Waals surface area contributed by atoms with Crippen molar-refractivity contribution in [3.8, 4) is 5.75 Å². The molecule has 24 heavy (non-hydrogen) atoms. The van der Waals surface area contributed by atoms with Crippen LogP contribution in [0.3, 0.4) is 0 Å². The highest BCUT2D eigenvalue weighted by molar-refractivity contribution is 5.29. The number of hydrogen-bond donors (Lipinski definition) is 0. The van der Waals surface area contributed by atoms with E-state index in [4.69, 9.17) is 9.47 Å². The van der Waals surface area contributed by atoms with Crippen LogP contribution in [0.2, 0.25) is 0 Å². The lowest BCUT2D eigenvalue weighted by molar-refractivity contribution is 0.0595. The molecule has 0 unspecified atom stereocenters. The van der Waals surface area contributed by atoms with Crippen LogP contribution in [0.15, 0.2) is 24.3 Å². The standard InChI is InChI=1S/C21H35NO2/c1-5-19(4)20-6-8-21(9-7-20)24-13-12-23-11-10-22-15-17(2)14-18(3)16-22/h6-9,17-19H,5,10-16H2,1-4H3/t17-,18-,19-/m0/s1. The van der Waals surface area contributed by atoms with Gasteiger partial charge in [0, 0.05) is 19.6 Å². The third-order valence-corrected chi connectivity index (χ3v) is 5.05. The van der Waals surface area contributed by atoms with E-state index in [0.717, 1.165) is 30.7 Å².